The molecule has 0 radical (unpaired) electrons. The van der Waals surface area contributed by atoms with Crippen molar-refractivity contribution >= 4 is 11.6 Å². The fourth-order valence-electron chi connectivity index (χ4n) is 1.53. The summed E-state index contributed by atoms with van der Waals surface area (Å²) in [6.07, 6.45) is 0. The number of hydrogen-bond donors (Lipinski definition) is 1. The van der Waals surface area contributed by atoms with Crippen LogP contribution >= 0.6 is 11.6 Å². The number of aryl methyl sites for hydroxylation is 1. The van der Waals surface area contributed by atoms with E-state index in [1.807, 2.05) is 41.9 Å². The second kappa shape index (κ2) is 4.04. The average molecular weight is 222 g/mol. The molecule has 0 aliphatic rings. The van der Waals surface area contributed by atoms with Gasteiger partial charge in [-0.05, 0) is 31.2 Å². The predicted molar refractivity (Wildman–Crippen MR) is 61.2 cm³/mol. The van der Waals surface area contributed by atoms with Gasteiger partial charge in [-0.1, -0.05) is 17.7 Å². The van der Waals surface area contributed by atoms with Crippen molar-refractivity contribution in [2.45, 2.75) is 13.5 Å². The van der Waals surface area contributed by atoms with E-state index in [2.05, 4.69) is 5.10 Å². The van der Waals surface area contributed by atoms with E-state index in [1.165, 1.54) is 0 Å². The number of halogens is 1. The minimum absolute atomic E-state index is 0.466. The Morgan fingerprint density at radius 2 is 2.20 bits per heavy atom. The molecule has 0 amide bonds. The molecule has 1 heterocycles. The zero-order chi connectivity index (χ0) is 10.8. The maximum absolute atomic E-state index is 5.92. The van der Waals surface area contributed by atoms with E-state index in [0.29, 0.717) is 11.6 Å². The van der Waals surface area contributed by atoms with Gasteiger partial charge in [0.2, 0.25) is 0 Å². The SMILES string of the molecule is Cc1cc(CN)n(-c2cccc(Cl)c2)n1. The highest BCUT2D eigenvalue weighted by Crippen LogP contribution is 2.16. The number of nitrogens with two attached hydrogens (primary N) is 1. The number of rotatable bonds is 2. The van der Waals surface area contributed by atoms with Crippen LogP contribution in [0.2, 0.25) is 5.02 Å². The Hall–Kier alpha value is -1.32. The summed E-state index contributed by atoms with van der Waals surface area (Å²) in [5, 5.41) is 5.07. The zero-order valence-corrected chi connectivity index (χ0v) is 9.20. The molecular formula is C11H12ClN3. The molecule has 4 heteroatoms. The third-order valence-electron chi connectivity index (χ3n) is 2.17. The van der Waals surface area contributed by atoms with Crippen LogP contribution in [0, 0.1) is 6.92 Å². The van der Waals surface area contributed by atoms with Crippen LogP contribution in [-0.4, -0.2) is 9.78 Å². The van der Waals surface area contributed by atoms with Crippen LogP contribution in [-0.2, 0) is 6.54 Å². The quantitative estimate of drug-likeness (QED) is 0.846. The fraction of sp³-hybridized carbons (Fsp3) is 0.182. The molecule has 0 saturated carbocycles. The summed E-state index contributed by atoms with van der Waals surface area (Å²) in [6.45, 7) is 2.41. The molecule has 0 saturated heterocycles. The fourth-order valence-corrected chi connectivity index (χ4v) is 1.71. The summed E-state index contributed by atoms with van der Waals surface area (Å²) >= 11 is 5.92. The molecule has 0 aliphatic heterocycles. The highest BCUT2D eigenvalue weighted by atomic mass is 35.5. The maximum atomic E-state index is 5.92. The van der Waals surface area contributed by atoms with Crippen molar-refractivity contribution in [3.05, 3.63) is 46.7 Å². The van der Waals surface area contributed by atoms with Crippen LogP contribution in [0.3, 0.4) is 0 Å². The molecule has 15 heavy (non-hydrogen) atoms. The van der Waals surface area contributed by atoms with Crippen molar-refractivity contribution in [3.63, 3.8) is 0 Å². The average Bonchev–Trinajstić information content (AvgIpc) is 2.59. The topological polar surface area (TPSA) is 43.8 Å². The lowest BCUT2D eigenvalue weighted by molar-refractivity contribution is 0.795. The molecule has 0 atom stereocenters. The monoisotopic (exact) mass is 221 g/mol. The Balaban J connectivity index is 2.53. The van der Waals surface area contributed by atoms with Crippen molar-refractivity contribution in [3.8, 4) is 5.69 Å². The smallest absolute Gasteiger partial charge is 0.0664 e. The van der Waals surface area contributed by atoms with Crippen LogP contribution < -0.4 is 5.73 Å². The molecule has 78 valence electrons. The van der Waals surface area contributed by atoms with E-state index in [4.69, 9.17) is 17.3 Å². The molecule has 2 rings (SSSR count). The first-order valence-corrected chi connectivity index (χ1v) is 5.10. The Kier molecular flexibility index (Phi) is 2.75. The van der Waals surface area contributed by atoms with E-state index in [9.17, 15) is 0 Å². The van der Waals surface area contributed by atoms with E-state index in [-0.39, 0.29) is 0 Å². The van der Waals surface area contributed by atoms with Gasteiger partial charge in [0.15, 0.2) is 0 Å². The van der Waals surface area contributed by atoms with Crippen LogP contribution in [0.5, 0.6) is 0 Å². The minimum atomic E-state index is 0.466. The third-order valence-corrected chi connectivity index (χ3v) is 2.40. The molecule has 2 aromatic rings. The number of aromatic nitrogens is 2. The first-order valence-electron chi connectivity index (χ1n) is 4.72. The Morgan fingerprint density at radius 1 is 1.40 bits per heavy atom. The standard InChI is InChI=1S/C11H12ClN3/c1-8-5-11(7-13)15(14-8)10-4-2-3-9(12)6-10/h2-6H,7,13H2,1H3. The van der Waals surface area contributed by atoms with Gasteiger partial charge >= 0.3 is 0 Å². The Labute approximate surface area is 93.5 Å². The first-order chi connectivity index (χ1) is 7.20. The van der Waals surface area contributed by atoms with Gasteiger partial charge in [-0.2, -0.15) is 5.10 Å². The van der Waals surface area contributed by atoms with Crippen molar-refractivity contribution in [2.75, 3.05) is 0 Å². The molecule has 0 spiro atoms. The maximum Gasteiger partial charge on any atom is 0.0664 e. The van der Waals surface area contributed by atoms with Gasteiger partial charge in [0.1, 0.15) is 0 Å². The van der Waals surface area contributed by atoms with Crippen molar-refractivity contribution in [1.29, 1.82) is 0 Å². The van der Waals surface area contributed by atoms with E-state index >= 15 is 0 Å². The van der Waals surface area contributed by atoms with Crippen LogP contribution in [0.1, 0.15) is 11.4 Å². The molecule has 0 unspecified atom stereocenters. The zero-order valence-electron chi connectivity index (χ0n) is 8.44. The Morgan fingerprint density at radius 3 is 2.87 bits per heavy atom. The molecule has 1 aromatic carbocycles. The minimum Gasteiger partial charge on any atom is -0.325 e. The van der Waals surface area contributed by atoms with Gasteiger partial charge in [0.25, 0.3) is 0 Å². The third kappa shape index (κ3) is 2.03. The van der Waals surface area contributed by atoms with Crippen molar-refractivity contribution in [1.82, 2.24) is 9.78 Å². The molecule has 2 N–H and O–H groups in total. The van der Waals surface area contributed by atoms with Gasteiger partial charge < -0.3 is 5.73 Å². The second-order valence-electron chi connectivity index (χ2n) is 3.37. The van der Waals surface area contributed by atoms with Crippen LogP contribution in [0.25, 0.3) is 5.69 Å². The summed E-state index contributed by atoms with van der Waals surface area (Å²) in [5.41, 5.74) is 8.52. The number of hydrogen-bond acceptors (Lipinski definition) is 2. The number of benzene rings is 1. The second-order valence-corrected chi connectivity index (χ2v) is 3.81. The molecule has 0 bridgehead atoms. The molecule has 1 aromatic heterocycles. The summed E-state index contributed by atoms with van der Waals surface area (Å²) in [7, 11) is 0. The van der Waals surface area contributed by atoms with Gasteiger partial charge in [-0.25, -0.2) is 4.68 Å². The lowest BCUT2D eigenvalue weighted by Gasteiger charge is -2.05. The highest BCUT2D eigenvalue weighted by molar-refractivity contribution is 6.30. The largest absolute Gasteiger partial charge is 0.325 e. The number of nitrogens with zero attached hydrogens (tertiary/aromatic N) is 2. The summed E-state index contributed by atoms with van der Waals surface area (Å²) < 4.78 is 1.82. The highest BCUT2D eigenvalue weighted by Gasteiger charge is 2.05. The van der Waals surface area contributed by atoms with Crippen LogP contribution in [0.4, 0.5) is 0 Å². The molecule has 3 nitrogen and oxygen atoms in total. The summed E-state index contributed by atoms with van der Waals surface area (Å²) in [6, 6.07) is 9.53. The molecule has 0 aliphatic carbocycles. The van der Waals surface area contributed by atoms with Gasteiger partial charge in [0.05, 0.1) is 17.1 Å². The first kappa shape index (κ1) is 10.2. The summed E-state index contributed by atoms with van der Waals surface area (Å²) in [5.74, 6) is 0. The van der Waals surface area contributed by atoms with E-state index in [1.54, 1.807) is 0 Å². The van der Waals surface area contributed by atoms with Gasteiger partial charge in [-0.15, -0.1) is 0 Å². The van der Waals surface area contributed by atoms with Crippen molar-refractivity contribution in [2.24, 2.45) is 5.73 Å². The summed E-state index contributed by atoms with van der Waals surface area (Å²) in [4.78, 5) is 0. The Bertz CT molecular complexity index is 476. The predicted octanol–water partition coefficient (Wildman–Crippen LogP) is 2.29. The molecule has 0 fully saturated rings. The van der Waals surface area contributed by atoms with E-state index in [0.717, 1.165) is 17.1 Å². The van der Waals surface area contributed by atoms with E-state index < -0.39 is 0 Å². The normalized spacial score (nSPS) is 10.6. The van der Waals surface area contributed by atoms with Gasteiger partial charge in [0, 0.05) is 11.6 Å². The van der Waals surface area contributed by atoms with Crippen LogP contribution in [0.15, 0.2) is 30.3 Å². The van der Waals surface area contributed by atoms with Gasteiger partial charge in [-0.3, -0.25) is 0 Å². The lowest BCUT2D eigenvalue weighted by atomic mass is 10.3. The molecular weight excluding hydrogens is 210 g/mol. The lowest BCUT2D eigenvalue weighted by Crippen LogP contribution is -2.06. The van der Waals surface area contributed by atoms with Crippen molar-refractivity contribution < 1.29 is 0 Å².